The molecule has 0 fully saturated rings. The van der Waals surface area contributed by atoms with Crippen LogP contribution in [0.2, 0.25) is 5.02 Å². The van der Waals surface area contributed by atoms with Crippen molar-refractivity contribution < 1.29 is 9.15 Å². The fraction of sp³-hybridized carbons (Fsp3) is 0.385. The normalized spacial score (nSPS) is 11.1. The largest absolute Gasteiger partial charge is 0.493 e. The SMILES string of the molecule is COc1cc(CCCN)c(Cl)c2cc(C)oc12. The van der Waals surface area contributed by atoms with Crippen molar-refractivity contribution in [1.29, 1.82) is 0 Å². The first-order chi connectivity index (χ1) is 8.17. The predicted molar refractivity (Wildman–Crippen MR) is 69.9 cm³/mol. The van der Waals surface area contributed by atoms with Crippen molar-refractivity contribution in [3.8, 4) is 5.75 Å². The predicted octanol–water partition coefficient (Wildman–Crippen LogP) is 3.29. The van der Waals surface area contributed by atoms with Crippen molar-refractivity contribution in [1.82, 2.24) is 0 Å². The molecule has 17 heavy (non-hydrogen) atoms. The Kier molecular flexibility index (Phi) is 3.60. The summed E-state index contributed by atoms with van der Waals surface area (Å²) in [6.45, 7) is 2.55. The minimum absolute atomic E-state index is 0.654. The van der Waals surface area contributed by atoms with Crippen LogP contribution in [0.5, 0.6) is 5.75 Å². The fourth-order valence-electron chi connectivity index (χ4n) is 1.95. The highest BCUT2D eigenvalue weighted by atomic mass is 35.5. The van der Waals surface area contributed by atoms with E-state index in [0.717, 1.165) is 40.3 Å². The monoisotopic (exact) mass is 253 g/mol. The summed E-state index contributed by atoms with van der Waals surface area (Å²) in [7, 11) is 1.63. The third kappa shape index (κ3) is 2.26. The summed E-state index contributed by atoms with van der Waals surface area (Å²) in [4.78, 5) is 0. The van der Waals surface area contributed by atoms with Crippen LogP contribution in [0.4, 0.5) is 0 Å². The minimum atomic E-state index is 0.654. The fourth-order valence-corrected chi connectivity index (χ4v) is 2.24. The molecule has 92 valence electrons. The van der Waals surface area contributed by atoms with E-state index in [4.69, 9.17) is 26.5 Å². The summed E-state index contributed by atoms with van der Waals surface area (Å²) in [6.07, 6.45) is 1.76. The van der Waals surface area contributed by atoms with Gasteiger partial charge in [0.2, 0.25) is 0 Å². The molecule has 4 heteroatoms. The molecule has 0 radical (unpaired) electrons. The van der Waals surface area contributed by atoms with Crippen LogP contribution < -0.4 is 10.5 Å². The Bertz CT molecular complexity index is 534. The number of rotatable bonds is 4. The van der Waals surface area contributed by atoms with E-state index in [2.05, 4.69) is 0 Å². The van der Waals surface area contributed by atoms with Crippen LogP contribution in [0.15, 0.2) is 16.5 Å². The average Bonchev–Trinajstić information content (AvgIpc) is 2.71. The Morgan fingerprint density at radius 1 is 1.41 bits per heavy atom. The smallest absolute Gasteiger partial charge is 0.177 e. The molecule has 0 saturated carbocycles. The first-order valence-electron chi connectivity index (χ1n) is 5.63. The summed E-state index contributed by atoms with van der Waals surface area (Å²) >= 11 is 6.36. The topological polar surface area (TPSA) is 48.4 Å². The summed E-state index contributed by atoms with van der Waals surface area (Å²) < 4.78 is 10.9. The summed E-state index contributed by atoms with van der Waals surface area (Å²) in [5.74, 6) is 1.56. The lowest BCUT2D eigenvalue weighted by molar-refractivity contribution is 0.408. The van der Waals surface area contributed by atoms with Crippen LogP contribution in [-0.2, 0) is 6.42 Å². The van der Waals surface area contributed by atoms with Gasteiger partial charge in [-0.2, -0.15) is 0 Å². The van der Waals surface area contributed by atoms with Crippen LogP contribution in [0.1, 0.15) is 17.7 Å². The molecule has 0 spiro atoms. The number of furan rings is 1. The molecule has 0 aliphatic rings. The van der Waals surface area contributed by atoms with E-state index in [1.165, 1.54) is 0 Å². The van der Waals surface area contributed by atoms with Gasteiger partial charge < -0.3 is 14.9 Å². The van der Waals surface area contributed by atoms with Crippen LogP contribution >= 0.6 is 11.6 Å². The lowest BCUT2D eigenvalue weighted by Crippen LogP contribution is -2.01. The Labute approximate surface area is 105 Å². The van der Waals surface area contributed by atoms with Crippen molar-refractivity contribution in [2.45, 2.75) is 19.8 Å². The van der Waals surface area contributed by atoms with Crippen LogP contribution in [-0.4, -0.2) is 13.7 Å². The van der Waals surface area contributed by atoms with Crippen LogP contribution in [0.3, 0.4) is 0 Å². The van der Waals surface area contributed by atoms with Gasteiger partial charge in [-0.15, -0.1) is 0 Å². The number of halogens is 1. The van der Waals surface area contributed by atoms with Gasteiger partial charge in [0.05, 0.1) is 12.1 Å². The standard InChI is InChI=1S/C13H16ClNO2/c1-8-6-10-12(14)9(4-3-5-15)7-11(16-2)13(10)17-8/h6-7H,3-5,15H2,1-2H3. The van der Waals surface area contributed by atoms with Crippen molar-refractivity contribution in [2.24, 2.45) is 5.73 Å². The quantitative estimate of drug-likeness (QED) is 0.910. The number of hydrogen-bond donors (Lipinski definition) is 1. The molecule has 0 amide bonds. The number of benzene rings is 1. The van der Waals surface area contributed by atoms with Gasteiger partial charge in [-0.25, -0.2) is 0 Å². The van der Waals surface area contributed by atoms with E-state index in [1.807, 2.05) is 19.1 Å². The van der Waals surface area contributed by atoms with Crippen LogP contribution in [0.25, 0.3) is 11.0 Å². The van der Waals surface area contributed by atoms with Crippen molar-refractivity contribution in [2.75, 3.05) is 13.7 Å². The van der Waals surface area contributed by atoms with Gasteiger partial charge in [-0.1, -0.05) is 11.6 Å². The molecule has 0 atom stereocenters. The van der Waals surface area contributed by atoms with Gasteiger partial charge >= 0.3 is 0 Å². The van der Waals surface area contributed by atoms with E-state index in [1.54, 1.807) is 7.11 Å². The zero-order valence-electron chi connectivity index (χ0n) is 10.0. The third-order valence-corrected chi connectivity index (χ3v) is 3.22. The zero-order valence-corrected chi connectivity index (χ0v) is 10.8. The molecule has 2 aromatic rings. The highest BCUT2D eigenvalue weighted by Gasteiger charge is 2.14. The van der Waals surface area contributed by atoms with Crippen molar-refractivity contribution in [3.63, 3.8) is 0 Å². The highest BCUT2D eigenvalue weighted by Crippen LogP contribution is 2.37. The van der Waals surface area contributed by atoms with Gasteiger partial charge in [0.1, 0.15) is 5.76 Å². The first-order valence-corrected chi connectivity index (χ1v) is 6.00. The molecule has 1 aromatic heterocycles. The van der Waals surface area contributed by atoms with Gasteiger partial charge in [-0.3, -0.25) is 0 Å². The minimum Gasteiger partial charge on any atom is -0.493 e. The molecule has 0 bridgehead atoms. The Morgan fingerprint density at radius 3 is 2.82 bits per heavy atom. The molecule has 1 aromatic carbocycles. The number of ether oxygens (including phenoxy) is 1. The van der Waals surface area contributed by atoms with E-state index >= 15 is 0 Å². The Balaban J connectivity index is 2.58. The second kappa shape index (κ2) is 4.98. The maximum Gasteiger partial charge on any atom is 0.177 e. The molecule has 3 nitrogen and oxygen atoms in total. The first kappa shape index (κ1) is 12.3. The molecule has 0 aliphatic carbocycles. The molecule has 0 unspecified atom stereocenters. The Morgan fingerprint density at radius 2 is 2.18 bits per heavy atom. The third-order valence-electron chi connectivity index (χ3n) is 2.77. The van der Waals surface area contributed by atoms with E-state index in [0.29, 0.717) is 12.1 Å². The molecule has 2 N–H and O–H groups in total. The van der Waals surface area contributed by atoms with E-state index in [9.17, 15) is 0 Å². The summed E-state index contributed by atoms with van der Waals surface area (Å²) in [6, 6.07) is 3.87. The molecular formula is C13H16ClNO2. The number of methoxy groups -OCH3 is 1. The number of aryl methyl sites for hydroxylation is 2. The Hall–Kier alpha value is -1.19. The van der Waals surface area contributed by atoms with E-state index < -0.39 is 0 Å². The zero-order chi connectivity index (χ0) is 12.4. The highest BCUT2D eigenvalue weighted by molar-refractivity contribution is 6.36. The molecule has 0 saturated heterocycles. The lowest BCUT2D eigenvalue weighted by atomic mass is 10.1. The maximum absolute atomic E-state index is 6.36. The molecule has 1 heterocycles. The van der Waals surface area contributed by atoms with Gasteiger partial charge in [-0.05, 0) is 44.0 Å². The van der Waals surface area contributed by atoms with Crippen LogP contribution in [0, 0.1) is 6.92 Å². The summed E-state index contributed by atoms with van der Waals surface area (Å²) in [5, 5.41) is 1.65. The van der Waals surface area contributed by atoms with Crippen molar-refractivity contribution in [3.05, 3.63) is 28.5 Å². The number of fused-ring (bicyclic) bond motifs is 1. The summed E-state index contributed by atoms with van der Waals surface area (Å²) in [5.41, 5.74) is 7.29. The van der Waals surface area contributed by atoms with Gasteiger partial charge in [0.15, 0.2) is 11.3 Å². The number of hydrogen-bond acceptors (Lipinski definition) is 3. The van der Waals surface area contributed by atoms with E-state index in [-0.39, 0.29) is 0 Å². The number of nitrogens with two attached hydrogens (primary N) is 1. The van der Waals surface area contributed by atoms with Crippen molar-refractivity contribution >= 4 is 22.6 Å². The van der Waals surface area contributed by atoms with Gasteiger partial charge in [0.25, 0.3) is 0 Å². The van der Waals surface area contributed by atoms with Gasteiger partial charge in [0, 0.05) is 5.39 Å². The molecule has 2 rings (SSSR count). The lowest BCUT2D eigenvalue weighted by Gasteiger charge is -2.08. The second-order valence-corrected chi connectivity index (χ2v) is 4.42. The maximum atomic E-state index is 6.36. The average molecular weight is 254 g/mol. The molecular weight excluding hydrogens is 238 g/mol. The molecule has 0 aliphatic heterocycles. The second-order valence-electron chi connectivity index (χ2n) is 4.04.